The molecule has 28 heavy (non-hydrogen) atoms. The Morgan fingerprint density at radius 1 is 1.07 bits per heavy atom. The Bertz CT molecular complexity index is 1070. The van der Waals surface area contributed by atoms with Crippen molar-refractivity contribution in [3.05, 3.63) is 64.4 Å². The minimum absolute atomic E-state index is 0.0913. The lowest BCUT2D eigenvalue weighted by Gasteiger charge is -2.30. The van der Waals surface area contributed by atoms with Gasteiger partial charge >= 0.3 is 0 Å². The van der Waals surface area contributed by atoms with Crippen LogP contribution in [0.15, 0.2) is 62.4 Å². The molecule has 0 amide bonds. The summed E-state index contributed by atoms with van der Waals surface area (Å²) in [5.41, 5.74) is 2.06. The summed E-state index contributed by atoms with van der Waals surface area (Å²) in [6, 6.07) is 14.8. The molecule has 1 aromatic heterocycles. The lowest BCUT2D eigenvalue weighted by molar-refractivity contribution is 0.307. The summed E-state index contributed by atoms with van der Waals surface area (Å²) in [6.07, 6.45) is 1.33. The fraction of sp³-hybridized carbons (Fsp3) is 0.300. The minimum atomic E-state index is -3.52. The summed E-state index contributed by atoms with van der Waals surface area (Å²) >= 11 is 3.34. The molecule has 1 aliphatic rings. The van der Waals surface area contributed by atoms with E-state index in [1.54, 1.807) is 24.3 Å². The van der Waals surface area contributed by atoms with Crippen LogP contribution in [0.4, 0.5) is 0 Å². The van der Waals surface area contributed by atoms with E-state index in [1.807, 2.05) is 31.2 Å². The fourth-order valence-corrected chi connectivity index (χ4v) is 5.79. The quantitative estimate of drug-likeness (QED) is 0.576. The van der Waals surface area contributed by atoms with Crippen molar-refractivity contribution in [1.29, 1.82) is 0 Å². The molecule has 0 unspecified atom stereocenters. The van der Waals surface area contributed by atoms with Gasteiger partial charge in [-0.2, -0.15) is 9.29 Å². The standard InChI is InChI=1S/C20H20BrN3O3S/c1-14-6-8-16(9-7-14)20-22-19(23-27-20)15-10-12-24(13-11-15)28(25,26)18-5-3-2-4-17(18)21/h2-9,15H,10-13H2,1H3. The normalized spacial score (nSPS) is 16.4. The first kappa shape index (κ1) is 19.3. The molecule has 0 N–H and O–H groups in total. The van der Waals surface area contributed by atoms with Crippen molar-refractivity contribution >= 4 is 26.0 Å². The van der Waals surface area contributed by atoms with Gasteiger partial charge in [-0.15, -0.1) is 0 Å². The van der Waals surface area contributed by atoms with E-state index in [0.29, 0.717) is 47.0 Å². The fourth-order valence-electron chi connectivity index (χ4n) is 3.36. The van der Waals surface area contributed by atoms with Gasteiger partial charge in [-0.3, -0.25) is 0 Å². The molecule has 2 aromatic carbocycles. The Labute approximate surface area is 172 Å². The number of hydrogen-bond donors (Lipinski definition) is 0. The van der Waals surface area contributed by atoms with Crippen LogP contribution in [0.3, 0.4) is 0 Å². The molecular weight excluding hydrogens is 442 g/mol. The Morgan fingerprint density at radius 2 is 1.75 bits per heavy atom. The summed E-state index contributed by atoms with van der Waals surface area (Å²) in [5.74, 6) is 1.24. The zero-order valence-electron chi connectivity index (χ0n) is 15.4. The largest absolute Gasteiger partial charge is 0.334 e. The summed E-state index contributed by atoms with van der Waals surface area (Å²) in [4.78, 5) is 4.84. The van der Waals surface area contributed by atoms with Crippen LogP contribution in [0.5, 0.6) is 0 Å². The number of aromatic nitrogens is 2. The maximum absolute atomic E-state index is 12.9. The lowest BCUT2D eigenvalue weighted by Crippen LogP contribution is -2.38. The van der Waals surface area contributed by atoms with Crippen LogP contribution in [0.25, 0.3) is 11.5 Å². The first-order chi connectivity index (χ1) is 13.4. The highest BCUT2D eigenvalue weighted by atomic mass is 79.9. The molecular formula is C20H20BrN3O3S. The number of benzene rings is 2. The Morgan fingerprint density at radius 3 is 2.43 bits per heavy atom. The molecule has 146 valence electrons. The number of rotatable bonds is 4. The number of sulfonamides is 1. The molecule has 1 aliphatic heterocycles. The molecule has 2 heterocycles. The molecule has 3 aromatic rings. The maximum atomic E-state index is 12.9. The van der Waals surface area contributed by atoms with Gasteiger partial charge in [-0.1, -0.05) is 35.0 Å². The van der Waals surface area contributed by atoms with Crippen LogP contribution >= 0.6 is 15.9 Å². The van der Waals surface area contributed by atoms with Crippen molar-refractivity contribution in [2.45, 2.75) is 30.6 Å². The highest BCUT2D eigenvalue weighted by Gasteiger charge is 2.32. The van der Waals surface area contributed by atoms with Crippen LogP contribution in [0, 0.1) is 6.92 Å². The van der Waals surface area contributed by atoms with Gasteiger partial charge in [0, 0.05) is 29.0 Å². The van der Waals surface area contributed by atoms with E-state index < -0.39 is 10.0 Å². The molecule has 0 aliphatic carbocycles. The lowest BCUT2D eigenvalue weighted by atomic mass is 9.97. The SMILES string of the molecule is Cc1ccc(-c2nc(C3CCN(S(=O)(=O)c4ccccc4Br)CC3)no2)cc1. The van der Waals surface area contributed by atoms with Gasteiger partial charge in [0.25, 0.3) is 5.89 Å². The van der Waals surface area contributed by atoms with Gasteiger partial charge in [0.15, 0.2) is 5.82 Å². The molecule has 8 heteroatoms. The Kier molecular flexibility index (Phi) is 5.35. The van der Waals surface area contributed by atoms with E-state index in [4.69, 9.17) is 4.52 Å². The van der Waals surface area contributed by atoms with Crippen LogP contribution in [-0.2, 0) is 10.0 Å². The second kappa shape index (κ2) is 7.77. The number of nitrogens with zero attached hydrogens (tertiary/aromatic N) is 3. The summed E-state index contributed by atoms with van der Waals surface area (Å²) < 4.78 is 33.4. The highest BCUT2D eigenvalue weighted by molar-refractivity contribution is 9.10. The number of halogens is 1. The molecule has 1 saturated heterocycles. The van der Waals surface area contributed by atoms with E-state index in [9.17, 15) is 8.42 Å². The number of hydrogen-bond acceptors (Lipinski definition) is 5. The van der Waals surface area contributed by atoms with Crippen molar-refractivity contribution in [3.63, 3.8) is 0 Å². The van der Waals surface area contributed by atoms with Gasteiger partial charge in [-0.05, 0) is 60.0 Å². The van der Waals surface area contributed by atoms with Gasteiger partial charge in [0.2, 0.25) is 10.0 Å². The summed E-state index contributed by atoms with van der Waals surface area (Å²) in [6.45, 7) is 2.89. The Hall–Kier alpha value is -2.03. The van der Waals surface area contributed by atoms with Crippen LogP contribution < -0.4 is 0 Å². The second-order valence-electron chi connectivity index (χ2n) is 6.93. The van der Waals surface area contributed by atoms with Crippen LogP contribution in [0.1, 0.15) is 30.1 Å². The second-order valence-corrected chi connectivity index (χ2v) is 9.69. The van der Waals surface area contributed by atoms with Crippen LogP contribution in [0.2, 0.25) is 0 Å². The number of aryl methyl sites for hydroxylation is 1. The van der Waals surface area contributed by atoms with E-state index in [-0.39, 0.29) is 5.92 Å². The molecule has 6 nitrogen and oxygen atoms in total. The van der Waals surface area contributed by atoms with Crippen molar-refractivity contribution in [3.8, 4) is 11.5 Å². The molecule has 0 saturated carbocycles. The molecule has 0 atom stereocenters. The molecule has 0 bridgehead atoms. The molecule has 0 radical (unpaired) electrons. The van der Waals surface area contributed by atoms with E-state index >= 15 is 0 Å². The summed E-state index contributed by atoms with van der Waals surface area (Å²) in [5, 5.41) is 4.14. The average molecular weight is 462 g/mol. The van der Waals surface area contributed by atoms with Gasteiger partial charge in [0.05, 0.1) is 4.90 Å². The Balaban J connectivity index is 1.46. The first-order valence-corrected chi connectivity index (χ1v) is 11.3. The summed E-state index contributed by atoms with van der Waals surface area (Å²) in [7, 11) is -3.52. The predicted molar refractivity (Wildman–Crippen MR) is 109 cm³/mol. The van der Waals surface area contributed by atoms with Gasteiger partial charge in [-0.25, -0.2) is 8.42 Å². The third-order valence-corrected chi connectivity index (χ3v) is 7.92. The van der Waals surface area contributed by atoms with Gasteiger partial charge < -0.3 is 4.52 Å². The zero-order valence-corrected chi connectivity index (χ0v) is 17.8. The third-order valence-electron chi connectivity index (χ3n) is 5.01. The van der Waals surface area contributed by atoms with Crippen molar-refractivity contribution in [2.24, 2.45) is 0 Å². The topological polar surface area (TPSA) is 76.3 Å². The predicted octanol–water partition coefficient (Wildman–Crippen LogP) is 4.38. The van der Waals surface area contributed by atoms with Crippen molar-refractivity contribution in [2.75, 3.05) is 13.1 Å². The first-order valence-electron chi connectivity index (χ1n) is 9.10. The third kappa shape index (κ3) is 3.76. The van der Waals surface area contributed by atoms with Crippen molar-refractivity contribution < 1.29 is 12.9 Å². The molecule has 0 spiro atoms. The smallest absolute Gasteiger partial charge is 0.257 e. The zero-order chi connectivity index (χ0) is 19.7. The number of piperidine rings is 1. The minimum Gasteiger partial charge on any atom is -0.334 e. The van der Waals surface area contributed by atoms with Crippen molar-refractivity contribution in [1.82, 2.24) is 14.4 Å². The molecule has 4 rings (SSSR count). The highest BCUT2D eigenvalue weighted by Crippen LogP contribution is 2.32. The van der Waals surface area contributed by atoms with Gasteiger partial charge in [0.1, 0.15) is 0 Å². The van der Waals surface area contributed by atoms with E-state index in [1.165, 1.54) is 9.87 Å². The average Bonchev–Trinajstić information content (AvgIpc) is 3.19. The maximum Gasteiger partial charge on any atom is 0.257 e. The van der Waals surface area contributed by atoms with Crippen LogP contribution in [-0.4, -0.2) is 36.0 Å². The monoisotopic (exact) mass is 461 g/mol. The molecule has 1 fully saturated rings. The van der Waals surface area contributed by atoms with E-state index in [2.05, 4.69) is 26.1 Å². The van der Waals surface area contributed by atoms with E-state index in [0.717, 1.165) is 5.56 Å².